The first-order valence-corrected chi connectivity index (χ1v) is 12.1. The normalized spacial score (nSPS) is 11.4. The molecule has 0 aliphatic heterocycles. The predicted octanol–water partition coefficient (Wildman–Crippen LogP) is 4.75. The molecule has 0 radical (unpaired) electrons. The van der Waals surface area contributed by atoms with Gasteiger partial charge in [-0.05, 0) is 32.5 Å². The first-order chi connectivity index (χ1) is 16.5. The lowest BCUT2D eigenvalue weighted by Crippen LogP contribution is -2.45. The first kappa shape index (κ1) is 27.5. The van der Waals surface area contributed by atoms with E-state index >= 15 is 0 Å². The molecule has 0 heterocycles. The highest BCUT2D eigenvalue weighted by Gasteiger charge is 2.35. The fraction of sp³-hybridized carbons (Fsp3) is 0.481. The summed E-state index contributed by atoms with van der Waals surface area (Å²) in [7, 11) is 0. The van der Waals surface area contributed by atoms with Gasteiger partial charge in [-0.25, -0.2) is 4.79 Å². The molecule has 34 heavy (non-hydrogen) atoms. The number of rotatable bonds is 15. The standard InChI is InChI=1S/C27H38N2O5/c1-5-29(6-2)19-18-25(30)23-14-16-24(17-15-23)27(33-7-3,34-8-4)21-28-26(31)32-20-22-12-10-9-11-13-22/h9-17H,5-8,18-21H2,1-4H3,(H,28,31). The maximum atomic E-state index is 12.6. The van der Waals surface area contributed by atoms with E-state index in [9.17, 15) is 9.59 Å². The van der Waals surface area contributed by atoms with Crippen molar-refractivity contribution in [1.29, 1.82) is 0 Å². The van der Waals surface area contributed by atoms with Crippen molar-refractivity contribution in [2.24, 2.45) is 0 Å². The maximum Gasteiger partial charge on any atom is 0.407 e. The minimum atomic E-state index is -1.18. The molecule has 1 N–H and O–H groups in total. The van der Waals surface area contributed by atoms with Gasteiger partial charge in [0, 0.05) is 37.3 Å². The van der Waals surface area contributed by atoms with Crippen molar-refractivity contribution in [3.05, 3.63) is 71.3 Å². The number of carbonyl (C=O) groups excluding carboxylic acids is 2. The largest absolute Gasteiger partial charge is 0.445 e. The van der Waals surface area contributed by atoms with E-state index in [4.69, 9.17) is 14.2 Å². The molecular weight excluding hydrogens is 432 g/mol. The Kier molecular flexibility index (Phi) is 11.7. The van der Waals surface area contributed by atoms with Crippen LogP contribution in [0.2, 0.25) is 0 Å². The minimum absolute atomic E-state index is 0.0670. The van der Waals surface area contributed by atoms with Gasteiger partial charge in [0.15, 0.2) is 5.78 Å². The second-order valence-electron chi connectivity index (χ2n) is 7.81. The monoisotopic (exact) mass is 470 g/mol. The summed E-state index contributed by atoms with van der Waals surface area (Å²) < 4.78 is 17.3. The van der Waals surface area contributed by atoms with Gasteiger partial charge in [-0.3, -0.25) is 4.79 Å². The number of hydrogen-bond donors (Lipinski definition) is 1. The topological polar surface area (TPSA) is 77.1 Å². The van der Waals surface area contributed by atoms with Crippen molar-refractivity contribution in [1.82, 2.24) is 10.2 Å². The molecule has 0 saturated heterocycles. The lowest BCUT2D eigenvalue weighted by Gasteiger charge is -2.33. The van der Waals surface area contributed by atoms with Crippen molar-refractivity contribution in [3.63, 3.8) is 0 Å². The predicted molar refractivity (Wildman–Crippen MR) is 133 cm³/mol. The van der Waals surface area contributed by atoms with E-state index in [1.807, 2.05) is 56.3 Å². The molecule has 0 spiro atoms. The van der Waals surface area contributed by atoms with Crippen LogP contribution in [-0.2, 0) is 26.6 Å². The number of benzene rings is 2. The molecule has 0 aliphatic carbocycles. The van der Waals surface area contributed by atoms with Crippen molar-refractivity contribution < 1.29 is 23.8 Å². The molecule has 186 valence electrons. The molecule has 7 heteroatoms. The highest BCUT2D eigenvalue weighted by Crippen LogP contribution is 2.28. The molecule has 2 rings (SSSR count). The summed E-state index contributed by atoms with van der Waals surface area (Å²) in [5.41, 5.74) is 2.27. The molecule has 0 aliphatic rings. The average Bonchev–Trinajstić information content (AvgIpc) is 2.87. The lowest BCUT2D eigenvalue weighted by atomic mass is 10.0. The number of nitrogens with one attached hydrogen (secondary N) is 1. The third kappa shape index (κ3) is 8.24. The van der Waals surface area contributed by atoms with Gasteiger partial charge in [0.1, 0.15) is 6.61 Å². The first-order valence-electron chi connectivity index (χ1n) is 12.1. The molecule has 0 saturated carbocycles. The van der Waals surface area contributed by atoms with Crippen LogP contribution in [0.3, 0.4) is 0 Å². The quantitative estimate of drug-likeness (QED) is 0.299. The van der Waals surface area contributed by atoms with Crippen LogP contribution < -0.4 is 5.32 Å². The van der Waals surface area contributed by atoms with Crippen molar-refractivity contribution >= 4 is 11.9 Å². The number of Topliss-reactive ketones (excluding diaryl/α,β-unsaturated/α-hetero) is 1. The van der Waals surface area contributed by atoms with E-state index in [0.29, 0.717) is 25.2 Å². The molecule has 2 aromatic carbocycles. The second kappa shape index (κ2) is 14.5. The van der Waals surface area contributed by atoms with Gasteiger partial charge in [0.25, 0.3) is 0 Å². The van der Waals surface area contributed by atoms with Crippen LogP contribution in [0.15, 0.2) is 54.6 Å². The summed E-state index contributed by atoms with van der Waals surface area (Å²) in [5, 5.41) is 2.76. The molecule has 7 nitrogen and oxygen atoms in total. The van der Waals surface area contributed by atoms with Crippen molar-refractivity contribution in [2.45, 2.75) is 46.5 Å². The van der Waals surface area contributed by atoms with E-state index in [2.05, 4.69) is 24.1 Å². The molecule has 0 bridgehead atoms. The van der Waals surface area contributed by atoms with Gasteiger partial charge >= 0.3 is 6.09 Å². The van der Waals surface area contributed by atoms with Crippen LogP contribution in [0.25, 0.3) is 0 Å². The van der Waals surface area contributed by atoms with Crippen LogP contribution in [0.1, 0.15) is 55.6 Å². The lowest BCUT2D eigenvalue weighted by molar-refractivity contribution is -0.238. The molecule has 1 amide bonds. The number of amides is 1. The third-order valence-corrected chi connectivity index (χ3v) is 5.63. The van der Waals surface area contributed by atoms with Gasteiger partial charge in [-0.1, -0.05) is 68.4 Å². The van der Waals surface area contributed by atoms with E-state index < -0.39 is 11.9 Å². The van der Waals surface area contributed by atoms with E-state index in [0.717, 1.165) is 30.8 Å². The Morgan fingerprint density at radius 2 is 1.50 bits per heavy atom. The summed E-state index contributed by atoms with van der Waals surface area (Å²) in [5.74, 6) is -1.09. The average molecular weight is 471 g/mol. The number of ether oxygens (including phenoxy) is 3. The molecule has 0 unspecified atom stereocenters. The summed E-state index contributed by atoms with van der Waals surface area (Å²) >= 11 is 0. The minimum Gasteiger partial charge on any atom is -0.445 e. The van der Waals surface area contributed by atoms with E-state index in [1.165, 1.54) is 0 Å². The Morgan fingerprint density at radius 3 is 2.06 bits per heavy atom. The summed E-state index contributed by atoms with van der Waals surface area (Å²) in [6.07, 6.45) is -0.0893. The number of carbonyl (C=O) groups is 2. The summed E-state index contributed by atoms with van der Waals surface area (Å²) in [6, 6.07) is 16.7. The summed E-state index contributed by atoms with van der Waals surface area (Å²) in [6.45, 7) is 11.5. The number of ketones is 1. The number of hydrogen-bond acceptors (Lipinski definition) is 6. The van der Waals surface area contributed by atoms with Crippen LogP contribution >= 0.6 is 0 Å². The van der Waals surface area contributed by atoms with Gasteiger partial charge < -0.3 is 24.4 Å². The highest BCUT2D eigenvalue weighted by molar-refractivity contribution is 5.96. The number of alkyl carbamates (subject to hydrolysis) is 1. The molecule has 0 aromatic heterocycles. The van der Waals surface area contributed by atoms with Crippen LogP contribution in [-0.4, -0.2) is 56.2 Å². The van der Waals surface area contributed by atoms with Crippen LogP contribution in [0.4, 0.5) is 4.79 Å². The molecule has 0 atom stereocenters. The Labute approximate surface area is 203 Å². The van der Waals surface area contributed by atoms with Gasteiger partial charge in [0.2, 0.25) is 5.79 Å². The Balaban J connectivity index is 2.06. The van der Waals surface area contributed by atoms with E-state index in [1.54, 1.807) is 12.1 Å². The fourth-order valence-corrected chi connectivity index (χ4v) is 3.70. The smallest absolute Gasteiger partial charge is 0.407 e. The zero-order chi connectivity index (χ0) is 24.8. The zero-order valence-corrected chi connectivity index (χ0v) is 20.8. The summed E-state index contributed by atoms with van der Waals surface area (Å²) in [4.78, 5) is 27.2. The Bertz CT molecular complexity index is 860. The number of nitrogens with zero attached hydrogens (tertiary/aromatic N) is 1. The maximum absolute atomic E-state index is 12.6. The van der Waals surface area contributed by atoms with Gasteiger partial charge in [-0.2, -0.15) is 0 Å². The highest BCUT2D eigenvalue weighted by atomic mass is 16.7. The van der Waals surface area contributed by atoms with Gasteiger partial charge in [-0.15, -0.1) is 0 Å². The van der Waals surface area contributed by atoms with Gasteiger partial charge in [0.05, 0.1) is 6.54 Å². The molecular formula is C27H38N2O5. The second-order valence-corrected chi connectivity index (χ2v) is 7.81. The Hall–Kier alpha value is -2.74. The molecule has 0 fully saturated rings. The third-order valence-electron chi connectivity index (χ3n) is 5.63. The molecule has 2 aromatic rings. The van der Waals surface area contributed by atoms with Crippen molar-refractivity contribution in [3.8, 4) is 0 Å². The SMILES string of the molecule is CCOC(CNC(=O)OCc1ccccc1)(OCC)c1ccc(C(=O)CCN(CC)CC)cc1. The Morgan fingerprint density at radius 1 is 0.882 bits per heavy atom. The zero-order valence-electron chi connectivity index (χ0n) is 20.8. The van der Waals surface area contributed by atoms with Crippen LogP contribution in [0.5, 0.6) is 0 Å². The van der Waals surface area contributed by atoms with Crippen molar-refractivity contribution in [2.75, 3.05) is 39.4 Å². The van der Waals surface area contributed by atoms with E-state index in [-0.39, 0.29) is 18.9 Å². The van der Waals surface area contributed by atoms with Crippen LogP contribution in [0, 0.1) is 0 Å². The fourth-order valence-electron chi connectivity index (χ4n) is 3.70.